The number of aromatic nitrogens is 4. The van der Waals surface area contributed by atoms with Gasteiger partial charge in [0.2, 0.25) is 0 Å². The summed E-state index contributed by atoms with van der Waals surface area (Å²) < 4.78 is 1.66. The summed E-state index contributed by atoms with van der Waals surface area (Å²) in [5, 5.41) is -0.641. The average molecular weight is 578 g/mol. The van der Waals surface area contributed by atoms with Crippen LogP contribution < -0.4 is 0 Å². The third-order valence-corrected chi connectivity index (χ3v) is 5.64. The van der Waals surface area contributed by atoms with E-state index >= 15 is 0 Å². The molecule has 0 unspecified atom stereocenters. The van der Waals surface area contributed by atoms with Gasteiger partial charge in [-0.1, -0.05) is 34.1 Å². The number of carbonyl (C=O) groups excluding carboxylic acids is 3. The zero-order valence-electron chi connectivity index (χ0n) is 19.8. The van der Waals surface area contributed by atoms with Crippen LogP contribution in [0.15, 0.2) is 104 Å². The maximum Gasteiger partial charge on any atom is 0.294 e. The highest BCUT2D eigenvalue weighted by Crippen LogP contribution is 2.28. The lowest BCUT2D eigenvalue weighted by atomic mass is 10.1. The standard InChI is InChI=1S/C15H9ClN2O2.C7H6BrNO.C6H7N/c16-15(20)14(19)13-12(10-4-3-6-17-9-10)8-11-5-1-2-7-18(11)13;8-4-7(10)6-2-1-3-9-5-6;1-6-4-2-3-5-7-6/h1-9H;1-3,5H,4H2;2-5H,1H3. The van der Waals surface area contributed by atoms with Gasteiger partial charge in [-0.2, -0.15) is 0 Å². The van der Waals surface area contributed by atoms with E-state index < -0.39 is 11.0 Å². The van der Waals surface area contributed by atoms with E-state index in [-0.39, 0.29) is 11.5 Å². The van der Waals surface area contributed by atoms with Crippen LogP contribution in [0.2, 0.25) is 0 Å². The van der Waals surface area contributed by atoms with Gasteiger partial charge in [-0.15, -0.1) is 0 Å². The summed E-state index contributed by atoms with van der Waals surface area (Å²) in [6.07, 6.45) is 10.0. The average Bonchev–Trinajstić information content (AvgIpc) is 3.34. The maximum absolute atomic E-state index is 12.1. The first kappa shape index (κ1) is 27.6. The minimum Gasteiger partial charge on any atom is -0.313 e. The normalized spacial score (nSPS) is 9.92. The summed E-state index contributed by atoms with van der Waals surface area (Å²) in [5.74, 6) is -0.662. The molecule has 0 atom stereocenters. The number of fused-ring (bicyclic) bond motifs is 1. The summed E-state index contributed by atoms with van der Waals surface area (Å²) in [7, 11) is 0. The van der Waals surface area contributed by atoms with Crippen LogP contribution in [0, 0.1) is 6.92 Å². The summed E-state index contributed by atoms with van der Waals surface area (Å²) in [6.45, 7) is 1.97. The lowest BCUT2D eigenvalue weighted by Crippen LogP contribution is -2.11. The molecule has 5 aromatic heterocycles. The van der Waals surface area contributed by atoms with Gasteiger partial charge < -0.3 is 4.40 Å². The number of Topliss-reactive ketones (excluding diaryl/α,β-unsaturated/α-hetero) is 2. The Morgan fingerprint density at radius 3 is 2.16 bits per heavy atom. The van der Waals surface area contributed by atoms with Gasteiger partial charge in [-0.05, 0) is 67.1 Å². The van der Waals surface area contributed by atoms with Gasteiger partial charge in [0, 0.05) is 65.1 Å². The zero-order chi connectivity index (χ0) is 26.6. The molecule has 186 valence electrons. The van der Waals surface area contributed by atoms with Crippen LogP contribution in [0.3, 0.4) is 0 Å². The van der Waals surface area contributed by atoms with Crippen molar-refractivity contribution in [3.05, 3.63) is 121 Å². The molecule has 7 nitrogen and oxygen atoms in total. The van der Waals surface area contributed by atoms with Crippen molar-refractivity contribution >= 4 is 49.9 Å². The third kappa shape index (κ3) is 7.73. The molecule has 0 N–H and O–H groups in total. The Bertz CT molecular complexity index is 1480. The molecule has 0 saturated heterocycles. The van der Waals surface area contributed by atoms with Crippen molar-refractivity contribution in [1.82, 2.24) is 19.4 Å². The Kier molecular flexibility index (Phi) is 10.4. The van der Waals surface area contributed by atoms with Crippen LogP contribution in [0.25, 0.3) is 16.6 Å². The molecule has 5 aromatic rings. The van der Waals surface area contributed by atoms with Crippen LogP contribution in [0.5, 0.6) is 0 Å². The fourth-order valence-corrected chi connectivity index (χ4v) is 3.66. The van der Waals surface area contributed by atoms with Gasteiger partial charge >= 0.3 is 0 Å². The van der Waals surface area contributed by atoms with E-state index in [2.05, 4.69) is 30.9 Å². The van der Waals surface area contributed by atoms with Gasteiger partial charge in [-0.25, -0.2) is 0 Å². The Labute approximate surface area is 227 Å². The number of nitrogens with zero attached hydrogens (tertiary/aromatic N) is 4. The fraction of sp³-hybridized carbons (Fsp3) is 0.0714. The number of rotatable bonds is 5. The molecule has 0 saturated carbocycles. The van der Waals surface area contributed by atoms with Crippen molar-refractivity contribution in [3.63, 3.8) is 0 Å². The van der Waals surface area contributed by atoms with Crippen molar-refractivity contribution in [2.75, 3.05) is 5.33 Å². The number of pyridine rings is 4. The highest BCUT2D eigenvalue weighted by Gasteiger charge is 2.23. The molecule has 0 fully saturated rings. The predicted octanol–water partition coefficient (Wildman–Crippen LogP) is 6.00. The van der Waals surface area contributed by atoms with E-state index in [1.165, 1.54) is 0 Å². The van der Waals surface area contributed by atoms with E-state index in [0.29, 0.717) is 16.5 Å². The van der Waals surface area contributed by atoms with Crippen LogP contribution in [0.4, 0.5) is 0 Å². The van der Waals surface area contributed by atoms with Crippen molar-refractivity contribution in [2.45, 2.75) is 6.92 Å². The number of aryl methyl sites for hydroxylation is 1. The van der Waals surface area contributed by atoms with E-state index in [0.717, 1.165) is 16.8 Å². The molecule has 5 heterocycles. The van der Waals surface area contributed by atoms with Crippen molar-refractivity contribution < 1.29 is 14.4 Å². The summed E-state index contributed by atoms with van der Waals surface area (Å²) in [6, 6.07) is 20.3. The second kappa shape index (κ2) is 13.9. The van der Waals surface area contributed by atoms with Gasteiger partial charge in [-0.3, -0.25) is 29.3 Å². The molecular weight excluding hydrogens is 556 g/mol. The van der Waals surface area contributed by atoms with E-state index in [4.69, 9.17) is 11.6 Å². The molecule has 0 aliphatic rings. The third-order valence-electron chi connectivity index (χ3n) is 4.96. The van der Waals surface area contributed by atoms with Crippen LogP contribution in [-0.4, -0.2) is 41.5 Å². The smallest absolute Gasteiger partial charge is 0.294 e. The first-order chi connectivity index (χ1) is 17.9. The largest absolute Gasteiger partial charge is 0.313 e. The summed E-state index contributed by atoms with van der Waals surface area (Å²) >= 11 is 8.44. The molecule has 37 heavy (non-hydrogen) atoms. The second-order valence-electron chi connectivity index (χ2n) is 7.52. The van der Waals surface area contributed by atoms with E-state index in [9.17, 15) is 14.4 Å². The molecule has 0 aliphatic carbocycles. The number of hydrogen-bond acceptors (Lipinski definition) is 6. The predicted molar refractivity (Wildman–Crippen MR) is 147 cm³/mol. The molecular formula is C28H22BrClN4O3. The molecule has 0 aliphatic heterocycles. The number of carbonyl (C=O) groups is 3. The molecule has 0 aromatic carbocycles. The van der Waals surface area contributed by atoms with Gasteiger partial charge in [0.15, 0.2) is 5.78 Å². The lowest BCUT2D eigenvalue weighted by molar-refractivity contribution is -0.108. The highest BCUT2D eigenvalue weighted by atomic mass is 79.9. The van der Waals surface area contributed by atoms with Crippen LogP contribution in [-0.2, 0) is 4.79 Å². The van der Waals surface area contributed by atoms with Crippen molar-refractivity contribution in [2.24, 2.45) is 0 Å². The minimum absolute atomic E-state index is 0.0631. The van der Waals surface area contributed by atoms with E-state index in [1.54, 1.807) is 65.8 Å². The fourth-order valence-electron chi connectivity index (χ4n) is 3.24. The van der Waals surface area contributed by atoms with Crippen LogP contribution in [0.1, 0.15) is 26.5 Å². The Morgan fingerprint density at radius 1 is 0.892 bits per heavy atom. The Morgan fingerprint density at radius 2 is 1.62 bits per heavy atom. The molecule has 0 amide bonds. The quantitative estimate of drug-likeness (QED) is 0.110. The van der Waals surface area contributed by atoms with Crippen molar-refractivity contribution in [1.29, 1.82) is 0 Å². The number of alkyl halides is 1. The van der Waals surface area contributed by atoms with Gasteiger partial charge in [0.25, 0.3) is 11.0 Å². The van der Waals surface area contributed by atoms with Gasteiger partial charge in [0.1, 0.15) is 5.69 Å². The Hall–Kier alpha value is -4.01. The Balaban J connectivity index is 0.000000185. The van der Waals surface area contributed by atoms with E-state index in [1.807, 2.05) is 49.4 Å². The van der Waals surface area contributed by atoms with Gasteiger partial charge in [0.05, 0.1) is 5.33 Å². The molecule has 5 rings (SSSR count). The summed E-state index contributed by atoms with van der Waals surface area (Å²) in [5.41, 5.74) is 4.20. The number of hydrogen-bond donors (Lipinski definition) is 0. The SMILES string of the molecule is Cc1ccccn1.O=C(CBr)c1cccnc1.O=C(Cl)C(=O)c1c(-c2cccnc2)cc2ccccn12. The first-order valence-electron chi connectivity index (χ1n) is 11.0. The molecule has 0 bridgehead atoms. The van der Waals surface area contributed by atoms with Crippen LogP contribution >= 0.6 is 27.5 Å². The highest BCUT2D eigenvalue weighted by molar-refractivity contribution is 9.09. The monoisotopic (exact) mass is 576 g/mol. The summed E-state index contributed by atoms with van der Waals surface area (Å²) in [4.78, 5) is 46.1. The second-order valence-corrected chi connectivity index (χ2v) is 8.42. The number of halogens is 2. The lowest BCUT2D eigenvalue weighted by Gasteiger charge is -2.03. The first-order valence-corrected chi connectivity index (χ1v) is 12.5. The minimum atomic E-state index is -1.00. The van der Waals surface area contributed by atoms with Crippen molar-refractivity contribution in [3.8, 4) is 11.1 Å². The zero-order valence-corrected chi connectivity index (χ0v) is 22.1. The topological polar surface area (TPSA) is 94.3 Å². The molecule has 0 radical (unpaired) electrons. The maximum atomic E-state index is 12.1. The number of ketones is 2. The molecule has 9 heteroatoms. The molecule has 0 spiro atoms.